The van der Waals surface area contributed by atoms with E-state index in [9.17, 15) is 0 Å². The van der Waals surface area contributed by atoms with Crippen LogP contribution in [0, 0.1) is 0 Å². The fourth-order valence-corrected chi connectivity index (χ4v) is 1.33. The number of allylic oxidation sites excluding steroid dienone is 3. The Morgan fingerprint density at radius 1 is 1.30 bits per heavy atom. The van der Waals surface area contributed by atoms with Crippen molar-refractivity contribution in [2.75, 3.05) is 0 Å². The molecule has 2 bridgehead atoms. The third-order valence-electron chi connectivity index (χ3n) is 2.02. The van der Waals surface area contributed by atoms with Crippen LogP contribution >= 0.6 is 0 Å². The molecule has 2 unspecified atom stereocenters. The highest BCUT2D eigenvalue weighted by Gasteiger charge is 2.23. The van der Waals surface area contributed by atoms with Gasteiger partial charge in [-0.15, -0.1) is 0 Å². The lowest BCUT2D eigenvalue weighted by molar-refractivity contribution is 0.359. The first-order valence-corrected chi connectivity index (χ1v) is 3.66. The summed E-state index contributed by atoms with van der Waals surface area (Å²) in [4.78, 5) is 0. The molecule has 1 saturated heterocycles. The Bertz CT molecular complexity index is 187. The molecule has 0 amide bonds. The predicted octanol–water partition coefficient (Wildman–Crippen LogP) is 1.40. The Hall–Kier alpha value is -0.820. The van der Waals surface area contributed by atoms with Crippen LogP contribution in [0.15, 0.2) is 36.5 Å². The standard InChI is InChI=1S/C9H11N/c1-7-2-4-8-6-9(10-8)5-3-7/h2-5,8-10H,1,6H2/b4-2-,5-3?. The van der Waals surface area contributed by atoms with Crippen molar-refractivity contribution in [2.24, 2.45) is 0 Å². The minimum atomic E-state index is 0.603. The minimum absolute atomic E-state index is 0.603. The lowest BCUT2D eigenvalue weighted by atomic mass is 9.93. The van der Waals surface area contributed by atoms with Gasteiger partial charge in [-0.05, 0) is 12.0 Å². The van der Waals surface area contributed by atoms with Crippen molar-refractivity contribution >= 4 is 0 Å². The largest absolute Gasteiger partial charge is 0.304 e. The van der Waals surface area contributed by atoms with Gasteiger partial charge in [0.25, 0.3) is 0 Å². The van der Waals surface area contributed by atoms with Gasteiger partial charge in [0.15, 0.2) is 0 Å². The average Bonchev–Trinajstić information content (AvgIpc) is 1.75. The summed E-state index contributed by atoms with van der Waals surface area (Å²) in [6.45, 7) is 3.87. The molecule has 1 heteroatoms. The van der Waals surface area contributed by atoms with Crippen LogP contribution in [-0.2, 0) is 0 Å². The Morgan fingerprint density at radius 3 is 2.30 bits per heavy atom. The third kappa shape index (κ3) is 0.929. The molecule has 1 fully saturated rings. The SMILES string of the molecule is C=C1C=CC2CC(/C=C\1)N2. The first-order chi connectivity index (χ1) is 4.84. The maximum Gasteiger partial charge on any atom is 0.0276 e. The summed E-state index contributed by atoms with van der Waals surface area (Å²) in [7, 11) is 0. The molecule has 2 heterocycles. The molecule has 1 aliphatic carbocycles. The van der Waals surface area contributed by atoms with E-state index in [1.807, 2.05) is 0 Å². The molecule has 10 heavy (non-hydrogen) atoms. The van der Waals surface area contributed by atoms with Crippen LogP contribution in [0.3, 0.4) is 0 Å². The molecule has 0 saturated carbocycles. The topological polar surface area (TPSA) is 12.0 Å². The predicted molar refractivity (Wildman–Crippen MR) is 42.7 cm³/mol. The number of hydrogen-bond acceptors (Lipinski definition) is 1. The molecule has 3 rings (SSSR count). The van der Waals surface area contributed by atoms with Crippen LogP contribution < -0.4 is 5.32 Å². The Labute approximate surface area is 61.1 Å². The summed E-state index contributed by atoms with van der Waals surface area (Å²) >= 11 is 0. The molecular weight excluding hydrogens is 122 g/mol. The average molecular weight is 133 g/mol. The molecule has 0 spiro atoms. The van der Waals surface area contributed by atoms with Crippen molar-refractivity contribution in [1.82, 2.24) is 5.32 Å². The molecule has 3 aliphatic rings. The molecule has 2 aliphatic heterocycles. The van der Waals surface area contributed by atoms with E-state index < -0.39 is 0 Å². The number of hydrogen-bond donors (Lipinski definition) is 1. The summed E-state index contributed by atoms with van der Waals surface area (Å²) in [6.07, 6.45) is 9.76. The van der Waals surface area contributed by atoms with Crippen molar-refractivity contribution in [1.29, 1.82) is 0 Å². The second-order valence-electron chi connectivity index (χ2n) is 2.91. The van der Waals surface area contributed by atoms with Gasteiger partial charge in [0, 0.05) is 12.1 Å². The van der Waals surface area contributed by atoms with E-state index >= 15 is 0 Å². The van der Waals surface area contributed by atoms with Crippen LogP contribution in [0.1, 0.15) is 6.42 Å². The first-order valence-electron chi connectivity index (χ1n) is 3.66. The highest BCUT2D eigenvalue weighted by Crippen LogP contribution is 2.17. The van der Waals surface area contributed by atoms with Gasteiger partial charge in [-0.25, -0.2) is 0 Å². The Kier molecular flexibility index (Phi) is 1.24. The number of fused-ring (bicyclic) bond motifs is 2. The summed E-state index contributed by atoms with van der Waals surface area (Å²) in [6, 6.07) is 1.21. The number of nitrogens with one attached hydrogen (secondary N) is 1. The fraction of sp³-hybridized carbons (Fsp3) is 0.333. The van der Waals surface area contributed by atoms with E-state index in [-0.39, 0.29) is 0 Å². The Balaban J connectivity index is 2.19. The molecule has 0 aromatic carbocycles. The molecule has 2 atom stereocenters. The van der Waals surface area contributed by atoms with Gasteiger partial charge in [0.05, 0.1) is 0 Å². The van der Waals surface area contributed by atoms with Gasteiger partial charge < -0.3 is 5.32 Å². The monoisotopic (exact) mass is 133 g/mol. The van der Waals surface area contributed by atoms with Crippen LogP contribution in [0.25, 0.3) is 0 Å². The molecular formula is C9H11N. The van der Waals surface area contributed by atoms with Crippen molar-refractivity contribution in [3.63, 3.8) is 0 Å². The van der Waals surface area contributed by atoms with Crippen molar-refractivity contribution < 1.29 is 0 Å². The van der Waals surface area contributed by atoms with Crippen LogP contribution in [0.5, 0.6) is 0 Å². The number of rotatable bonds is 0. The quantitative estimate of drug-likeness (QED) is 0.526. The minimum Gasteiger partial charge on any atom is -0.304 e. The van der Waals surface area contributed by atoms with Gasteiger partial charge in [0.1, 0.15) is 0 Å². The Morgan fingerprint density at radius 2 is 1.80 bits per heavy atom. The maximum atomic E-state index is 3.87. The summed E-state index contributed by atoms with van der Waals surface area (Å²) < 4.78 is 0. The van der Waals surface area contributed by atoms with E-state index in [2.05, 4.69) is 36.2 Å². The first kappa shape index (κ1) is 5.93. The second kappa shape index (κ2) is 2.10. The van der Waals surface area contributed by atoms with Gasteiger partial charge in [-0.3, -0.25) is 0 Å². The summed E-state index contributed by atoms with van der Waals surface area (Å²) in [5, 5.41) is 3.39. The summed E-state index contributed by atoms with van der Waals surface area (Å²) in [5.41, 5.74) is 1.11. The van der Waals surface area contributed by atoms with Crippen molar-refractivity contribution in [3.05, 3.63) is 36.5 Å². The van der Waals surface area contributed by atoms with E-state index in [0.29, 0.717) is 12.1 Å². The highest BCUT2D eigenvalue weighted by atomic mass is 15.0. The van der Waals surface area contributed by atoms with E-state index in [1.54, 1.807) is 0 Å². The van der Waals surface area contributed by atoms with Gasteiger partial charge in [0.2, 0.25) is 0 Å². The highest BCUT2D eigenvalue weighted by molar-refractivity contribution is 5.32. The third-order valence-corrected chi connectivity index (χ3v) is 2.02. The zero-order valence-electron chi connectivity index (χ0n) is 5.88. The van der Waals surface area contributed by atoms with E-state index in [4.69, 9.17) is 0 Å². The molecule has 0 aromatic heterocycles. The summed E-state index contributed by atoms with van der Waals surface area (Å²) in [5.74, 6) is 0. The molecule has 0 radical (unpaired) electrons. The molecule has 52 valence electrons. The van der Waals surface area contributed by atoms with E-state index in [1.165, 1.54) is 6.42 Å². The van der Waals surface area contributed by atoms with Gasteiger partial charge in [-0.2, -0.15) is 0 Å². The van der Waals surface area contributed by atoms with E-state index in [0.717, 1.165) is 5.57 Å². The zero-order valence-corrected chi connectivity index (χ0v) is 5.88. The van der Waals surface area contributed by atoms with Gasteiger partial charge in [-0.1, -0.05) is 30.9 Å². The normalized spacial score (nSPS) is 39.8. The van der Waals surface area contributed by atoms with Crippen LogP contribution in [0.2, 0.25) is 0 Å². The van der Waals surface area contributed by atoms with Crippen molar-refractivity contribution in [2.45, 2.75) is 18.5 Å². The van der Waals surface area contributed by atoms with Crippen LogP contribution in [0.4, 0.5) is 0 Å². The lowest BCUT2D eigenvalue weighted by Gasteiger charge is -2.34. The smallest absolute Gasteiger partial charge is 0.0276 e. The van der Waals surface area contributed by atoms with Crippen LogP contribution in [-0.4, -0.2) is 12.1 Å². The molecule has 0 aromatic rings. The fourth-order valence-electron chi connectivity index (χ4n) is 1.33. The molecule has 1 N–H and O–H groups in total. The second-order valence-corrected chi connectivity index (χ2v) is 2.91. The zero-order chi connectivity index (χ0) is 6.97. The maximum absolute atomic E-state index is 3.87. The molecule has 1 nitrogen and oxygen atoms in total. The van der Waals surface area contributed by atoms with Crippen molar-refractivity contribution in [3.8, 4) is 0 Å². The van der Waals surface area contributed by atoms with Gasteiger partial charge >= 0.3 is 0 Å². The lowest BCUT2D eigenvalue weighted by Crippen LogP contribution is -2.50.